The van der Waals surface area contributed by atoms with E-state index in [0.717, 1.165) is 44.8 Å². The van der Waals surface area contributed by atoms with E-state index in [0.29, 0.717) is 31.1 Å². The maximum Gasteiger partial charge on any atom is 0.276 e. The van der Waals surface area contributed by atoms with E-state index in [1.807, 2.05) is 38.1 Å². The van der Waals surface area contributed by atoms with Crippen molar-refractivity contribution >= 4 is 11.8 Å². The number of nitrogens with zero attached hydrogens (tertiary/aromatic N) is 3. The summed E-state index contributed by atoms with van der Waals surface area (Å²) in [4.78, 5) is 29.5. The molecular formula is C25H36N4O5. The van der Waals surface area contributed by atoms with Crippen LogP contribution in [0.1, 0.15) is 37.2 Å². The van der Waals surface area contributed by atoms with E-state index >= 15 is 0 Å². The Morgan fingerprint density at radius 3 is 2.76 bits per heavy atom. The Morgan fingerprint density at radius 1 is 1.24 bits per heavy atom. The number of amides is 2. The molecule has 2 heterocycles. The highest BCUT2D eigenvalue weighted by molar-refractivity contribution is 5.93. The van der Waals surface area contributed by atoms with Gasteiger partial charge >= 0.3 is 0 Å². The Balaban J connectivity index is 1.50. The zero-order valence-electron chi connectivity index (χ0n) is 20.4. The Labute approximate surface area is 201 Å². The van der Waals surface area contributed by atoms with E-state index in [-0.39, 0.29) is 29.8 Å². The molecule has 1 N–H and O–H groups in total. The van der Waals surface area contributed by atoms with Crippen molar-refractivity contribution in [1.29, 1.82) is 0 Å². The summed E-state index contributed by atoms with van der Waals surface area (Å²) < 4.78 is 16.0. The van der Waals surface area contributed by atoms with Gasteiger partial charge in [0, 0.05) is 50.8 Å². The fourth-order valence-corrected chi connectivity index (χ4v) is 3.85. The third kappa shape index (κ3) is 7.85. The Morgan fingerprint density at radius 2 is 2.03 bits per heavy atom. The molecule has 3 rings (SSSR count). The summed E-state index contributed by atoms with van der Waals surface area (Å²) in [5, 5.41) is 6.95. The number of carbonyl (C=O) groups is 2. The lowest BCUT2D eigenvalue weighted by atomic mass is 10.1. The molecule has 34 heavy (non-hydrogen) atoms. The average Bonchev–Trinajstić information content (AvgIpc) is 3.35. The molecule has 1 fully saturated rings. The lowest BCUT2D eigenvalue weighted by molar-refractivity contribution is -0.121. The third-order valence-corrected chi connectivity index (χ3v) is 5.64. The minimum atomic E-state index is -0.244. The highest BCUT2D eigenvalue weighted by Gasteiger charge is 2.22. The number of morpholine rings is 1. The van der Waals surface area contributed by atoms with Gasteiger partial charge in [-0.15, -0.1) is 0 Å². The van der Waals surface area contributed by atoms with Crippen molar-refractivity contribution < 1.29 is 23.6 Å². The molecule has 0 aliphatic carbocycles. The van der Waals surface area contributed by atoms with E-state index in [2.05, 4.69) is 15.4 Å². The number of methoxy groups -OCH3 is 1. The minimum absolute atomic E-state index is 0.0549. The molecule has 0 bridgehead atoms. The zero-order valence-corrected chi connectivity index (χ0v) is 20.4. The van der Waals surface area contributed by atoms with Gasteiger partial charge in [-0.1, -0.05) is 31.1 Å². The maximum absolute atomic E-state index is 13.1. The normalized spacial score (nSPS) is 14.2. The van der Waals surface area contributed by atoms with E-state index in [1.165, 1.54) is 0 Å². The topological polar surface area (TPSA) is 97.1 Å². The van der Waals surface area contributed by atoms with Crippen LogP contribution in [-0.4, -0.2) is 86.4 Å². The minimum Gasteiger partial charge on any atom is -0.497 e. The molecule has 1 aliphatic rings. The first-order valence-electron chi connectivity index (χ1n) is 11.9. The summed E-state index contributed by atoms with van der Waals surface area (Å²) in [5.74, 6) is 1.14. The van der Waals surface area contributed by atoms with Gasteiger partial charge in [-0.05, 0) is 31.0 Å². The van der Waals surface area contributed by atoms with Crippen LogP contribution in [0.15, 0.2) is 34.9 Å². The molecule has 0 saturated carbocycles. The molecule has 2 aromatic rings. The number of aromatic nitrogens is 1. The van der Waals surface area contributed by atoms with E-state index in [1.54, 1.807) is 18.1 Å². The number of carbonyl (C=O) groups excluding carboxylic acids is 2. The first kappa shape index (κ1) is 25.7. The van der Waals surface area contributed by atoms with Crippen LogP contribution >= 0.6 is 0 Å². The van der Waals surface area contributed by atoms with Gasteiger partial charge in [0.25, 0.3) is 5.91 Å². The van der Waals surface area contributed by atoms with E-state index < -0.39 is 0 Å². The third-order valence-electron chi connectivity index (χ3n) is 5.64. The molecule has 1 aromatic heterocycles. The van der Waals surface area contributed by atoms with Crippen LogP contribution in [0.25, 0.3) is 11.3 Å². The summed E-state index contributed by atoms with van der Waals surface area (Å²) in [7, 11) is 1.60. The lowest BCUT2D eigenvalue weighted by Crippen LogP contribution is -2.39. The summed E-state index contributed by atoms with van der Waals surface area (Å²) in [5.41, 5.74) is 1.00. The van der Waals surface area contributed by atoms with Crippen LogP contribution in [0, 0.1) is 5.92 Å². The van der Waals surface area contributed by atoms with Crippen molar-refractivity contribution in [2.24, 2.45) is 5.92 Å². The molecule has 1 aliphatic heterocycles. The summed E-state index contributed by atoms with van der Waals surface area (Å²) in [6, 6.07) is 9.01. The monoisotopic (exact) mass is 472 g/mol. The first-order valence-corrected chi connectivity index (χ1v) is 11.9. The Hall–Kier alpha value is -2.91. The average molecular weight is 473 g/mol. The summed E-state index contributed by atoms with van der Waals surface area (Å²) in [6.45, 7) is 9.96. The zero-order chi connectivity index (χ0) is 24.3. The van der Waals surface area contributed by atoms with Crippen molar-refractivity contribution in [3.05, 3.63) is 36.0 Å². The SMILES string of the molecule is COc1cccc(-c2cc(C(=O)N(CCC(=O)NCCCN3CCOCC3)CC(C)C)no2)c1. The second kappa shape index (κ2) is 13.1. The predicted octanol–water partition coefficient (Wildman–Crippen LogP) is 2.68. The summed E-state index contributed by atoms with van der Waals surface area (Å²) in [6.07, 6.45) is 1.14. The van der Waals surface area contributed by atoms with Crippen LogP contribution in [0.5, 0.6) is 5.75 Å². The van der Waals surface area contributed by atoms with Crippen LogP contribution < -0.4 is 10.1 Å². The first-order chi connectivity index (χ1) is 16.5. The van der Waals surface area contributed by atoms with Gasteiger partial charge < -0.3 is 24.2 Å². The van der Waals surface area contributed by atoms with E-state index in [4.69, 9.17) is 14.0 Å². The van der Waals surface area contributed by atoms with E-state index in [9.17, 15) is 9.59 Å². The fourth-order valence-electron chi connectivity index (χ4n) is 3.85. The molecule has 1 saturated heterocycles. The highest BCUT2D eigenvalue weighted by atomic mass is 16.5. The molecule has 2 amide bonds. The Kier molecular flexibility index (Phi) is 9.90. The number of rotatable bonds is 12. The number of nitrogens with one attached hydrogen (secondary N) is 1. The number of hydrogen-bond donors (Lipinski definition) is 1. The fraction of sp³-hybridized carbons (Fsp3) is 0.560. The Bertz CT molecular complexity index is 924. The van der Waals surface area contributed by atoms with Crippen LogP contribution in [0.4, 0.5) is 0 Å². The van der Waals surface area contributed by atoms with Crippen molar-refractivity contribution in [2.45, 2.75) is 26.7 Å². The van der Waals surface area contributed by atoms with Gasteiger partial charge in [-0.3, -0.25) is 14.5 Å². The van der Waals surface area contributed by atoms with Crippen molar-refractivity contribution in [3.63, 3.8) is 0 Å². The highest BCUT2D eigenvalue weighted by Crippen LogP contribution is 2.25. The van der Waals surface area contributed by atoms with Crippen LogP contribution in [0.2, 0.25) is 0 Å². The molecule has 9 nitrogen and oxygen atoms in total. The molecule has 0 radical (unpaired) electrons. The van der Waals surface area contributed by atoms with Gasteiger partial charge in [-0.2, -0.15) is 0 Å². The summed E-state index contributed by atoms with van der Waals surface area (Å²) >= 11 is 0. The number of benzene rings is 1. The van der Waals surface area contributed by atoms with Gasteiger partial charge in [0.1, 0.15) is 5.75 Å². The van der Waals surface area contributed by atoms with Gasteiger partial charge in [0.15, 0.2) is 11.5 Å². The van der Waals surface area contributed by atoms with Crippen molar-refractivity contribution in [2.75, 3.05) is 59.6 Å². The van der Waals surface area contributed by atoms with Crippen LogP contribution in [0.3, 0.4) is 0 Å². The lowest BCUT2D eigenvalue weighted by Gasteiger charge is -2.26. The number of ether oxygens (including phenoxy) is 2. The molecular weight excluding hydrogens is 436 g/mol. The number of hydrogen-bond acceptors (Lipinski definition) is 7. The maximum atomic E-state index is 13.1. The predicted molar refractivity (Wildman–Crippen MR) is 129 cm³/mol. The molecule has 1 aromatic carbocycles. The smallest absolute Gasteiger partial charge is 0.276 e. The quantitative estimate of drug-likeness (QED) is 0.474. The van der Waals surface area contributed by atoms with Crippen LogP contribution in [-0.2, 0) is 9.53 Å². The molecule has 0 spiro atoms. The van der Waals surface area contributed by atoms with Gasteiger partial charge in [0.05, 0.1) is 20.3 Å². The standard InChI is InChI=1S/C25H36N4O5/c1-19(2)18-29(11-8-24(30)26-9-5-10-28-12-14-33-15-13-28)25(31)22-17-23(34-27-22)20-6-4-7-21(16-20)32-3/h4,6-7,16-17,19H,5,8-15,18H2,1-3H3,(H,26,30). The molecule has 186 valence electrons. The van der Waals surface area contributed by atoms with Gasteiger partial charge in [-0.25, -0.2) is 0 Å². The molecule has 9 heteroatoms. The second-order valence-electron chi connectivity index (χ2n) is 8.86. The van der Waals surface area contributed by atoms with Crippen molar-refractivity contribution in [1.82, 2.24) is 20.3 Å². The van der Waals surface area contributed by atoms with Gasteiger partial charge in [0.2, 0.25) is 5.91 Å². The van der Waals surface area contributed by atoms with Crippen molar-refractivity contribution in [3.8, 4) is 17.1 Å². The molecule has 0 atom stereocenters. The largest absolute Gasteiger partial charge is 0.497 e. The second-order valence-corrected chi connectivity index (χ2v) is 8.86. The molecule has 0 unspecified atom stereocenters.